The van der Waals surface area contributed by atoms with Crippen LogP contribution in [0, 0.1) is 0 Å². The highest BCUT2D eigenvalue weighted by Gasteiger charge is 2.23. The molecule has 1 aromatic carbocycles. The van der Waals surface area contributed by atoms with Crippen LogP contribution >= 0.6 is 0 Å². The van der Waals surface area contributed by atoms with Gasteiger partial charge in [0.1, 0.15) is 0 Å². The fraction of sp³-hybridized carbons (Fsp3) is 0.538. The van der Waals surface area contributed by atoms with E-state index >= 15 is 0 Å². The van der Waals surface area contributed by atoms with Gasteiger partial charge in [-0.3, -0.25) is 4.31 Å². The summed E-state index contributed by atoms with van der Waals surface area (Å²) in [5, 5.41) is 3.24. The molecule has 0 saturated carbocycles. The highest BCUT2D eigenvalue weighted by molar-refractivity contribution is 7.92. The highest BCUT2D eigenvalue weighted by atomic mass is 32.2. The van der Waals surface area contributed by atoms with E-state index < -0.39 is 10.0 Å². The first-order chi connectivity index (χ1) is 8.63. The van der Waals surface area contributed by atoms with Gasteiger partial charge in [-0.1, -0.05) is 19.1 Å². The Hall–Kier alpha value is -1.07. The van der Waals surface area contributed by atoms with E-state index in [0.29, 0.717) is 19.5 Å². The average molecular weight is 268 g/mol. The van der Waals surface area contributed by atoms with E-state index in [1.807, 2.05) is 24.3 Å². The SMILES string of the molecule is CCc1ccc(N2CCNCCCS2(=O)=O)cc1. The molecule has 0 atom stereocenters. The van der Waals surface area contributed by atoms with E-state index in [4.69, 9.17) is 0 Å². The van der Waals surface area contributed by atoms with Crippen LogP contribution in [0.25, 0.3) is 0 Å². The summed E-state index contributed by atoms with van der Waals surface area (Å²) in [6, 6.07) is 7.80. The smallest absolute Gasteiger partial charge is 0.235 e. The van der Waals surface area contributed by atoms with Gasteiger partial charge in [-0.25, -0.2) is 8.42 Å². The number of nitrogens with one attached hydrogen (secondary N) is 1. The first-order valence-electron chi connectivity index (χ1n) is 6.43. The van der Waals surface area contributed by atoms with Crippen LogP contribution in [0.2, 0.25) is 0 Å². The number of rotatable bonds is 2. The molecular formula is C13H20N2O2S. The number of nitrogens with zero attached hydrogens (tertiary/aromatic N) is 1. The predicted molar refractivity (Wildman–Crippen MR) is 74.4 cm³/mol. The van der Waals surface area contributed by atoms with Gasteiger partial charge >= 0.3 is 0 Å². The van der Waals surface area contributed by atoms with Crippen molar-refractivity contribution in [3.8, 4) is 0 Å². The van der Waals surface area contributed by atoms with Crippen LogP contribution in [-0.2, 0) is 16.4 Å². The molecule has 1 saturated heterocycles. The summed E-state index contributed by atoms with van der Waals surface area (Å²) in [5.74, 6) is 0.218. The maximum absolute atomic E-state index is 12.2. The molecule has 1 fully saturated rings. The predicted octanol–water partition coefficient (Wildman–Crippen LogP) is 1.38. The minimum Gasteiger partial charge on any atom is -0.315 e. The number of anilines is 1. The van der Waals surface area contributed by atoms with E-state index in [9.17, 15) is 8.42 Å². The molecule has 0 bridgehead atoms. The second-order valence-electron chi connectivity index (χ2n) is 4.51. The standard InChI is InChI=1S/C13H20N2O2S/c1-2-12-4-6-13(7-5-12)15-10-9-14-8-3-11-18(15,16)17/h4-7,14H,2-3,8-11H2,1H3. The number of hydrogen-bond acceptors (Lipinski definition) is 3. The molecule has 0 unspecified atom stereocenters. The molecule has 0 amide bonds. The first-order valence-corrected chi connectivity index (χ1v) is 8.04. The number of aryl methyl sites for hydroxylation is 1. The fourth-order valence-electron chi connectivity index (χ4n) is 2.12. The molecule has 18 heavy (non-hydrogen) atoms. The number of benzene rings is 1. The van der Waals surface area contributed by atoms with Gasteiger partial charge in [0.05, 0.1) is 11.4 Å². The zero-order chi connectivity index (χ0) is 13.0. The molecule has 1 heterocycles. The number of sulfonamides is 1. The molecule has 1 aromatic rings. The van der Waals surface area contributed by atoms with E-state index in [0.717, 1.165) is 18.7 Å². The van der Waals surface area contributed by atoms with Crippen LogP contribution in [0.4, 0.5) is 5.69 Å². The van der Waals surface area contributed by atoms with Crippen molar-refractivity contribution < 1.29 is 8.42 Å². The second kappa shape index (κ2) is 5.71. The Labute approximate surface area is 109 Å². The highest BCUT2D eigenvalue weighted by Crippen LogP contribution is 2.20. The Morgan fingerprint density at radius 1 is 1.22 bits per heavy atom. The van der Waals surface area contributed by atoms with Crippen LogP contribution < -0.4 is 9.62 Å². The lowest BCUT2D eigenvalue weighted by atomic mass is 10.1. The maximum atomic E-state index is 12.2. The Morgan fingerprint density at radius 2 is 1.94 bits per heavy atom. The molecule has 100 valence electrons. The van der Waals surface area contributed by atoms with Crippen molar-refractivity contribution in [1.29, 1.82) is 0 Å². The lowest BCUT2D eigenvalue weighted by Gasteiger charge is -2.26. The summed E-state index contributed by atoms with van der Waals surface area (Å²) >= 11 is 0. The van der Waals surface area contributed by atoms with Crippen molar-refractivity contribution >= 4 is 15.7 Å². The van der Waals surface area contributed by atoms with Crippen LogP contribution in [0.15, 0.2) is 24.3 Å². The third kappa shape index (κ3) is 3.03. The normalized spacial score (nSPS) is 20.2. The zero-order valence-corrected chi connectivity index (χ0v) is 11.5. The number of hydrogen-bond donors (Lipinski definition) is 1. The van der Waals surface area contributed by atoms with Gasteiger partial charge in [-0.05, 0) is 37.1 Å². The summed E-state index contributed by atoms with van der Waals surface area (Å²) in [4.78, 5) is 0. The summed E-state index contributed by atoms with van der Waals surface area (Å²) < 4.78 is 25.9. The zero-order valence-electron chi connectivity index (χ0n) is 10.7. The third-order valence-electron chi connectivity index (χ3n) is 3.22. The Morgan fingerprint density at radius 3 is 2.61 bits per heavy atom. The molecule has 0 spiro atoms. The van der Waals surface area contributed by atoms with Crippen molar-refractivity contribution in [1.82, 2.24) is 5.32 Å². The van der Waals surface area contributed by atoms with Crippen LogP contribution in [0.1, 0.15) is 18.9 Å². The Kier molecular flexibility index (Phi) is 4.24. The van der Waals surface area contributed by atoms with Gasteiger partial charge in [0.2, 0.25) is 10.0 Å². The average Bonchev–Trinajstić information content (AvgIpc) is 2.35. The molecule has 0 aromatic heterocycles. The Bertz CT molecular complexity index is 482. The summed E-state index contributed by atoms with van der Waals surface area (Å²) in [7, 11) is -3.16. The van der Waals surface area contributed by atoms with Crippen molar-refractivity contribution in [3.63, 3.8) is 0 Å². The first kappa shape index (κ1) is 13.4. The van der Waals surface area contributed by atoms with Crippen molar-refractivity contribution in [2.45, 2.75) is 19.8 Å². The van der Waals surface area contributed by atoms with Crippen molar-refractivity contribution in [2.24, 2.45) is 0 Å². The molecule has 5 heteroatoms. The van der Waals surface area contributed by atoms with E-state index in [1.165, 1.54) is 9.87 Å². The summed E-state index contributed by atoms with van der Waals surface area (Å²) in [6.45, 7) is 4.08. The lowest BCUT2D eigenvalue weighted by molar-refractivity contribution is 0.572. The van der Waals surface area contributed by atoms with Gasteiger partial charge in [-0.15, -0.1) is 0 Å². The van der Waals surface area contributed by atoms with Crippen molar-refractivity contribution in [3.05, 3.63) is 29.8 Å². The van der Waals surface area contributed by atoms with E-state index in [2.05, 4.69) is 12.2 Å². The van der Waals surface area contributed by atoms with Gasteiger partial charge in [0.15, 0.2) is 0 Å². The van der Waals surface area contributed by atoms with Gasteiger partial charge in [-0.2, -0.15) is 0 Å². The second-order valence-corrected chi connectivity index (χ2v) is 6.52. The van der Waals surface area contributed by atoms with Gasteiger partial charge in [0.25, 0.3) is 0 Å². The molecular weight excluding hydrogens is 248 g/mol. The molecule has 1 aliphatic heterocycles. The summed E-state index contributed by atoms with van der Waals surface area (Å²) in [5.41, 5.74) is 2.00. The summed E-state index contributed by atoms with van der Waals surface area (Å²) in [6.07, 6.45) is 1.64. The topological polar surface area (TPSA) is 49.4 Å². The van der Waals surface area contributed by atoms with Crippen molar-refractivity contribution in [2.75, 3.05) is 29.7 Å². The minimum atomic E-state index is -3.16. The molecule has 1 N–H and O–H groups in total. The van der Waals surface area contributed by atoms with Crippen LogP contribution in [-0.4, -0.2) is 33.8 Å². The largest absolute Gasteiger partial charge is 0.315 e. The monoisotopic (exact) mass is 268 g/mol. The fourth-order valence-corrected chi connectivity index (χ4v) is 3.66. The quantitative estimate of drug-likeness (QED) is 0.881. The molecule has 1 aliphatic rings. The van der Waals surface area contributed by atoms with Gasteiger partial charge in [0, 0.05) is 13.1 Å². The Balaban J connectivity index is 2.26. The van der Waals surface area contributed by atoms with E-state index in [-0.39, 0.29) is 5.75 Å². The molecule has 2 rings (SSSR count). The third-order valence-corrected chi connectivity index (χ3v) is 5.09. The molecule has 4 nitrogen and oxygen atoms in total. The van der Waals surface area contributed by atoms with Crippen LogP contribution in [0.3, 0.4) is 0 Å². The van der Waals surface area contributed by atoms with E-state index in [1.54, 1.807) is 0 Å². The van der Waals surface area contributed by atoms with Gasteiger partial charge < -0.3 is 5.32 Å². The minimum absolute atomic E-state index is 0.218. The molecule has 0 radical (unpaired) electrons. The lowest BCUT2D eigenvalue weighted by Crippen LogP contribution is -2.41. The molecule has 0 aliphatic carbocycles. The van der Waals surface area contributed by atoms with Crippen LogP contribution in [0.5, 0.6) is 0 Å². The maximum Gasteiger partial charge on any atom is 0.235 e.